The Kier molecular flexibility index (Phi) is 8.28. The molecule has 2 aromatic rings. The van der Waals surface area contributed by atoms with Crippen molar-refractivity contribution in [1.82, 2.24) is 25.2 Å². The average Bonchev–Trinajstić information content (AvgIpc) is 2.84. The summed E-state index contributed by atoms with van der Waals surface area (Å²) in [5.41, 5.74) is -1.46. The number of halogens is 5. The molecular weight excluding hydrogens is 501 g/mol. The number of anilines is 1. The van der Waals surface area contributed by atoms with Crippen molar-refractivity contribution in [3.63, 3.8) is 0 Å². The topological polar surface area (TPSA) is 116 Å². The number of pyridine rings is 1. The van der Waals surface area contributed by atoms with Crippen LogP contribution in [0.15, 0.2) is 36.8 Å². The lowest BCUT2D eigenvalue weighted by atomic mass is 9.87. The highest BCUT2D eigenvalue weighted by molar-refractivity contribution is 6.54. The second-order valence-electron chi connectivity index (χ2n) is 8.49. The number of carbonyl (C=O) groups is 1. The number of nitrogens with one attached hydrogen (secondary N) is 3. The summed E-state index contributed by atoms with van der Waals surface area (Å²) in [6.07, 6.45) is -2.38. The summed E-state index contributed by atoms with van der Waals surface area (Å²) in [6.45, 7) is 0.510. The fourth-order valence-corrected chi connectivity index (χ4v) is 4.01. The quantitative estimate of drug-likeness (QED) is 0.356. The van der Waals surface area contributed by atoms with Crippen LogP contribution in [0.4, 0.5) is 27.8 Å². The summed E-state index contributed by atoms with van der Waals surface area (Å²) < 4.78 is 72.4. The van der Waals surface area contributed by atoms with Crippen LogP contribution in [-0.2, 0) is 11.0 Å². The average molecular weight is 527 g/mol. The SMILES string of the molecule is CN/C=C(\C(=N)C(=O)N1CC(F)(F)C[C@@H](C)C1CNc1cnc(C(F)(F)F)cn1)c1cccc(OC)n1. The molecule has 0 spiro atoms. The summed E-state index contributed by atoms with van der Waals surface area (Å²) >= 11 is 0. The van der Waals surface area contributed by atoms with Crippen LogP contribution in [0.2, 0.25) is 0 Å². The lowest BCUT2D eigenvalue weighted by Gasteiger charge is -2.43. The Morgan fingerprint density at radius 3 is 2.62 bits per heavy atom. The minimum atomic E-state index is -4.66. The molecular formula is C23H26F5N7O2. The van der Waals surface area contributed by atoms with E-state index in [1.54, 1.807) is 25.2 Å². The Bertz CT molecular complexity index is 1150. The van der Waals surface area contributed by atoms with Crippen molar-refractivity contribution in [2.75, 3.05) is 32.6 Å². The summed E-state index contributed by atoms with van der Waals surface area (Å²) in [5, 5.41) is 14.0. The molecule has 9 nitrogen and oxygen atoms in total. The second kappa shape index (κ2) is 11.0. The molecule has 2 atom stereocenters. The van der Waals surface area contributed by atoms with E-state index in [4.69, 9.17) is 10.1 Å². The molecule has 2 aromatic heterocycles. The molecule has 0 saturated carbocycles. The van der Waals surface area contributed by atoms with Crippen LogP contribution in [-0.4, -0.2) is 70.7 Å². The summed E-state index contributed by atoms with van der Waals surface area (Å²) in [6, 6.07) is 3.91. The van der Waals surface area contributed by atoms with Gasteiger partial charge in [-0.15, -0.1) is 0 Å². The van der Waals surface area contributed by atoms with Crippen LogP contribution in [0.25, 0.3) is 5.57 Å². The molecule has 1 aliphatic rings. The summed E-state index contributed by atoms with van der Waals surface area (Å²) in [7, 11) is 2.95. The Hall–Kier alpha value is -3.84. The fourth-order valence-electron chi connectivity index (χ4n) is 4.01. The van der Waals surface area contributed by atoms with Crippen molar-refractivity contribution in [3.05, 3.63) is 48.2 Å². The minimum Gasteiger partial charge on any atom is -0.481 e. The highest BCUT2D eigenvalue weighted by Crippen LogP contribution is 2.35. The lowest BCUT2D eigenvalue weighted by Crippen LogP contribution is -2.58. The number of nitrogens with zero attached hydrogens (tertiary/aromatic N) is 4. The molecule has 14 heteroatoms. The van der Waals surface area contributed by atoms with Crippen molar-refractivity contribution in [2.24, 2.45) is 5.92 Å². The Labute approximate surface area is 209 Å². The second-order valence-corrected chi connectivity index (χ2v) is 8.49. The van der Waals surface area contributed by atoms with Crippen LogP contribution in [0.1, 0.15) is 24.7 Å². The lowest BCUT2D eigenvalue weighted by molar-refractivity contribution is -0.145. The first-order valence-electron chi connectivity index (χ1n) is 11.2. The Balaban J connectivity index is 1.85. The monoisotopic (exact) mass is 527 g/mol. The number of alkyl halides is 5. The molecule has 1 saturated heterocycles. The molecule has 0 bridgehead atoms. The first-order chi connectivity index (χ1) is 17.4. The van der Waals surface area contributed by atoms with E-state index in [2.05, 4.69) is 25.6 Å². The van der Waals surface area contributed by atoms with Gasteiger partial charge in [-0.3, -0.25) is 10.2 Å². The number of methoxy groups -OCH3 is 1. The van der Waals surface area contributed by atoms with Gasteiger partial charge >= 0.3 is 6.18 Å². The smallest absolute Gasteiger partial charge is 0.434 e. The third-order valence-electron chi connectivity index (χ3n) is 5.76. The predicted molar refractivity (Wildman–Crippen MR) is 125 cm³/mol. The van der Waals surface area contributed by atoms with Gasteiger partial charge < -0.3 is 20.3 Å². The molecule has 3 rings (SSSR count). The molecule has 1 fully saturated rings. The van der Waals surface area contributed by atoms with Crippen LogP contribution in [0.3, 0.4) is 0 Å². The molecule has 200 valence electrons. The highest BCUT2D eigenvalue weighted by atomic mass is 19.4. The van der Waals surface area contributed by atoms with Gasteiger partial charge in [-0.2, -0.15) is 13.2 Å². The molecule has 3 heterocycles. The molecule has 1 aliphatic heterocycles. The van der Waals surface area contributed by atoms with Gasteiger partial charge in [0.1, 0.15) is 11.5 Å². The van der Waals surface area contributed by atoms with E-state index in [1.807, 2.05) is 0 Å². The molecule has 0 aliphatic carbocycles. The van der Waals surface area contributed by atoms with Gasteiger partial charge in [-0.05, 0) is 12.0 Å². The number of hydrogen-bond donors (Lipinski definition) is 3. The largest absolute Gasteiger partial charge is 0.481 e. The highest BCUT2D eigenvalue weighted by Gasteiger charge is 2.47. The number of aromatic nitrogens is 3. The molecule has 1 unspecified atom stereocenters. The van der Waals surface area contributed by atoms with E-state index in [-0.39, 0.29) is 29.5 Å². The third kappa shape index (κ3) is 6.68. The zero-order valence-electron chi connectivity index (χ0n) is 20.2. The predicted octanol–water partition coefficient (Wildman–Crippen LogP) is 3.46. The summed E-state index contributed by atoms with van der Waals surface area (Å²) in [5.74, 6) is -4.64. The fraction of sp³-hybridized carbons (Fsp3) is 0.435. The minimum absolute atomic E-state index is 0.0173. The van der Waals surface area contributed by atoms with Crippen molar-refractivity contribution >= 4 is 23.0 Å². The van der Waals surface area contributed by atoms with Gasteiger partial charge in [0, 0.05) is 37.9 Å². The van der Waals surface area contributed by atoms with Gasteiger partial charge in [0.25, 0.3) is 11.8 Å². The van der Waals surface area contributed by atoms with Gasteiger partial charge in [-0.1, -0.05) is 13.0 Å². The number of piperidine rings is 1. The molecule has 0 radical (unpaired) electrons. The number of hydrogen-bond acceptors (Lipinski definition) is 8. The zero-order valence-corrected chi connectivity index (χ0v) is 20.2. The van der Waals surface area contributed by atoms with Gasteiger partial charge in [-0.25, -0.2) is 23.7 Å². The standard InChI is InChI=1S/C23H26F5N7O2/c1-13-7-22(24,25)12-35(16(13)9-32-18-11-31-17(10-33-18)23(26,27)28)21(36)20(29)14(8-30-2)15-5-4-6-19(34-15)37-3/h4-6,8,10-11,13,16,29-30H,7,9,12H2,1-3H3,(H,32,33)/b14-8-,29-20?/t13-,16?/m1/s1. The third-order valence-corrected chi connectivity index (χ3v) is 5.76. The maximum atomic E-state index is 14.5. The Morgan fingerprint density at radius 2 is 2.03 bits per heavy atom. The van der Waals surface area contributed by atoms with E-state index < -0.39 is 54.3 Å². The van der Waals surface area contributed by atoms with Gasteiger partial charge in [0.05, 0.1) is 37.8 Å². The number of carbonyl (C=O) groups excluding carboxylic acids is 1. The molecule has 1 amide bonds. The maximum absolute atomic E-state index is 14.5. The number of likely N-dealkylation sites (tertiary alicyclic amines) is 1. The van der Waals surface area contributed by atoms with Crippen molar-refractivity contribution < 1.29 is 31.5 Å². The van der Waals surface area contributed by atoms with Crippen LogP contribution in [0.5, 0.6) is 5.88 Å². The van der Waals surface area contributed by atoms with E-state index in [0.717, 1.165) is 11.1 Å². The Morgan fingerprint density at radius 1 is 1.30 bits per heavy atom. The number of ether oxygens (including phenoxy) is 1. The number of amides is 1. The van der Waals surface area contributed by atoms with Crippen molar-refractivity contribution in [1.29, 1.82) is 5.41 Å². The van der Waals surface area contributed by atoms with E-state index in [9.17, 15) is 26.7 Å². The normalized spacial score (nSPS) is 19.8. The van der Waals surface area contributed by atoms with E-state index in [1.165, 1.54) is 20.2 Å². The first kappa shape index (κ1) is 27.7. The summed E-state index contributed by atoms with van der Waals surface area (Å²) in [4.78, 5) is 25.5. The first-order valence-corrected chi connectivity index (χ1v) is 11.2. The van der Waals surface area contributed by atoms with Crippen LogP contribution in [0, 0.1) is 11.3 Å². The van der Waals surface area contributed by atoms with Crippen molar-refractivity contribution in [2.45, 2.75) is 31.5 Å². The maximum Gasteiger partial charge on any atom is 0.434 e. The zero-order chi connectivity index (χ0) is 27.4. The van der Waals surface area contributed by atoms with Crippen LogP contribution < -0.4 is 15.4 Å². The van der Waals surface area contributed by atoms with Crippen LogP contribution >= 0.6 is 0 Å². The molecule has 0 aromatic carbocycles. The molecule has 37 heavy (non-hydrogen) atoms. The van der Waals surface area contributed by atoms with E-state index >= 15 is 0 Å². The number of rotatable bonds is 8. The van der Waals surface area contributed by atoms with Crippen molar-refractivity contribution in [3.8, 4) is 5.88 Å². The van der Waals surface area contributed by atoms with Gasteiger partial charge in [0.15, 0.2) is 5.69 Å². The van der Waals surface area contributed by atoms with E-state index in [0.29, 0.717) is 6.20 Å². The van der Waals surface area contributed by atoms with Gasteiger partial charge in [0.2, 0.25) is 5.88 Å². The molecule has 3 N–H and O–H groups in total.